The fraction of sp³-hybridized carbons (Fsp3) is 0.556. The van der Waals surface area contributed by atoms with Gasteiger partial charge in [-0.25, -0.2) is 0 Å². The van der Waals surface area contributed by atoms with Gasteiger partial charge in [-0.15, -0.1) is 23.2 Å². The first-order valence-electron chi connectivity index (χ1n) is 8.42. The van der Waals surface area contributed by atoms with Crippen molar-refractivity contribution in [1.82, 2.24) is 10.2 Å². The van der Waals surface area contributed by atoms with E-state index in [1.807, 2.05) is 6.07 Å². The molecular weight excluding hydrogens is 347 g/mol. The summed E-state index contributed by atoms with van der Waals surface area (Å²) in [5.74, 6) is 0.780. The molecule has 3 rings (SSSR count). The van der Waals surface area contributed by atoms with E-state index in [-0.39, 0.29) is 23.8 Å². The number of nitrogens with zero attached hydrogens (tertiary/aromatic N) is 1. The maximum Gasteiger partial charge on any atom is 0.251 e. The van der Waals surface area contributed by atoms with Gasteiger partial charge in [-0.3, -0.25) is 14.5 Å². The molecular formula is C18H22Cl2N2O2. The Morgan fingerprint density at radius 1 is 1.12 bits per heavy atom. The molecule has 1 aliphatic heterocycles. The van der Waals surface area contributed by atoms with E-state index in [1.165, 1.54) is 12.8 Å². The Morgan fingerprint density at radius 3 is 2.50 bits per heavy atom. The molecule has 0 radical (unpaired) electrons. The number of ketones is 1. The first-order valence-corrected chi connectivity index (χ1v) is 9.49. The van der Waals surface area contributed by atoms with Crippen LogP contribution in [0.3, 0.4) is 0 Å². The molecule has 2 unspecified atom stereocenters. The zero-order chi connectivity index (χ0) is 17.1. The van der Waals surface area contributed by atoms with Crippen LogP contribution in [0, 0.1) is 0 Å². The number of nitrogens with one attached hydrogen (secondary N) is 1. The van der Waals surface area contributed by atoms with Gasteiger partial charge in [-0.2, -0.15) is 0 Å². The molecule has 0 spiro atoms. The largest absolute Gasteiger partial charge is 0.347 e. The van der Waals surface area contributed by atoms with E-state index in [0.717, 1.165) is 24.2 Å². The Bertz CT molecular complexity index is 629. The van der Waals surface area contributed by atoms with Crippen molar-refractivity contribution in [3.8, 4) is 0 Å². The molecule has 2 fully saturated rings. The van der Waals surface area contributed by atoms with Gasteiger partial charge in [-0.1, -0.05) is 6.07 Å². The normalized spacial score (nSPS) is 24.5. The smallest absolute Gasteiger partial charge is 0.251 e. The van der Waals surface area contributed by atoms with E-state index in [2.05, 4.69) is 10.2 Å². The lowest BCUT2D eigenvalue weighted by Crippen LogP contribution is -2.47. The predicted molar refractivity (Wildman–Crippen MR) is 95.6 cm³/mol. The monoisotopic (exact) mass is 368 g/mol. The van der Waals surface area contributed by atoms with Gasteiger partial charge in [0.1, 0.15) is 5.78 Å². The van der Waals surface area contributed by atoms with Crippen LogP contribution in [-0.4, -0.2) is 41.8 Å². The van der Waals surface area contributed by atoms with E-state index in [0.29, 0.717) is 30.2 Å². The summed E-state index contributed by atoms with van der Waals surface area (Å²) in [5, 5.41) is 3.06. The van der Waals surface area contributed by atoms with Crippen molar-refractivity contribution in [3.05, 3.63) is 34.9 Å². The molecule has 6 heteroatoms. The first-order chi connectivity index (χ1) is 11.6. The summed E-state index contributed by atoms with van der Waals surface area (Å²) in [6.45, 7) is 2.04. The highest BCUT2D eigenvalue weighted by atomic mass is 35.5. The quantitative estimate of drug-likeness (QED) is 0.812. The minimum Gasteiger partial charge on any atom is -0.347 e. The summed E-state index contributed by atoms with van der Waals surface area (Å²) in [4.78, 5) is 26.9. The van der Waals surface area contributed by atoms with Crippen LogP contribution in [0.25, 0.3) is 0 Å². The number of Topliss-reactive ketones (excluding diaryl/α,β-unsaturated/α-hetero) is 1. The highest BCUT2D eigenvalue weighted by molar-refractivity contribution is 6.18. The molecule has 0 bridgehead atoms. The molecule has 1 saturated carbocycles. The van der Waals surface area contributed by atoms with Gasteiger partial charge in [0.05, 0.1) is 6.04 Å². The van der Waals surface area contributed by atoms with Crippen LogP contribution in [-0.2, 0) is 16.6 Å². The SMILES string of the molecule is O=C1CC(NC(=O)c2ccc(CCl)c(CCl)c2)C(N2CCCC2)C1. The predicted octanol–water partition coefficient (Wildman–Crippen LogP) is 3.09. The minimum atomic E-state index is -0.147. The van der Waals surface area contributed by atoms with Crippen molar-refractivity contribution in [3.63, 3.8) is 0 Å². The number of amides is 1. The van der Waals surface area contributed by atoms with Gasteiger partial charge >= 0.3 is 0 Å². The van der Waals surface area contributed by atoms with Crippen molar-refractivity contribution >= 4 is 34.9 Å². The Balaban J connectivity index is 1.72. The van der Waals surface area contributed by atoms with Gasteiger partial charge in [0.25, 0.3) is 5.91 Å². The molecule has 130 valence electrons. The number of likely N-dealkylation sites (tertiary alicyclic amines) is 1. The van der Waals surface area contributed by atoms with E-state index >= 15 is 0 Å². The molecule has 4 nitrogen and oxygen atoms in total. The van der Waals surface area contributed by atoms with Crippen LogP contribution in [0.4, 0.5) is 0 Å². The second-order valence-corrected chi connectivity index (χ2v) is 7.12. The minimum absolute atomic E-state index is 0.102. The van der Waals surface area contributed by atoms with Crippen molar-refractivity contribution in [2.45, 2.75) is 49.5 Å². The number of hydrogen-bond acceptors (Lipinski definition) is 3. The lowest BCUT2D eigenvalue weighted by Gasteiger charge is -2.29. The van der Waals surface area contributed by atoms with Crippen LogP contribution in [0.15, 0.2) is 18.2 Å². The highest BCUT2D eigenvalue weighted by Crippen LogP contribution is 2.26. The number of halogens is 2. The third kappa shape index (κ3) is 3.76. The summed E-state index contributed by atoms with van der Waals surface area (Å²) in [6, 6.07) is 5.44. The topological polar surface area (TPSA) is 49.4 Å². The second-order valence-electron chi connectivity index (χ2n) is 6.59. The third-order valence-corrected chi connectivity index (χ3v) is 5.61. The molecule has 24 heavy (non-hydrogen) atoms. The summed E-state index contributed by atoms with van der Waals surface area (Å²) in [7, 11) is 0. The van der Waals surface area contributed by atoms with Gasteiger partial charge in [-0.05, 0) is 49.2 Å². The number of benzene rings is 1. The molecule has 1 aromatic carbocycles. The molecule has 2 aliphatic rings. The number of hydrogen-bond donors (Lipinski definition) is 1. The van der Waals surface area contributed by atoms with E-state index < -0.39 is 0 Å². The molecule has 1 N–H and O–H groups in total. The Labute approximate surface area is 152 Å². The lowest BCUT2D eigenvalue weighted by atomic mass is 10.0. The van der Waals surface area contributed by atoms with Crippen LogP contribution in [0.2, 0.25) is 0 Å². The van der Waals surface area contributed by atoms with Crippen LogP contribution in [0.1, 0.15) is 47.2 Å². The van der Waals surface area contributed by atoms with E-state index in [1.54, 1.807) is 12.1 Å². The van der Waals surface area contributed by atoms with Gasteiger partial charge in [0.15, 0.2) is 0 Å². The Morgan fingerprint density at radius 2 is 1.83 bits per heavy atom. The average molecular weight is 369 g/mol. The molecule has 1 saturated heterocycles. The summed E-state index contributed by atoms with van der Waals surface area (Å²) in [6.07, 6.45) is 3.31. The maximum absolute atomic E-state index is 12.6. The lowest BCUT2D eigenvalue weighted by molar-refractivity contribution is -0.117. The van der Waals surface area contributed by atoms with Crippen LogP contribution in [0.5, 0.6) is 0 Å². The number of alkyl halides is 2. The van der Waals surface area contributed by atoms with E-state index in [9.17, 15) is 9.59 Å². The second kappa shape index (κ2) is 7.85. The summed E-state index contributed by atoms with van der Waals surface area (Å²) in [5.41, 5.74) is 2.38. The van der Waals surface area contributed by atoms with Crippen molar-refractivity contribution in [1.29, 1.82) is 0 Å². The molecule has 1 heterocycles. The van der Waals surface area contributed by atoms with Crippen molar-refractivity contribution in [2.75, 3.05) is 13.1 Å². The van der Waals surface area contributed by atoms with Gasteiger partial charge in [0, 0.05) is 36.2 Å². The van der Waals surface area contributed by atoms with Crippen molar-refractivity contribution < 1.29 is 9.59 Å². The Kier molecular flexibility index (Phi) is 5.80. The maximum atomic E-state index is 12.6. The van der Waals surface area contributed by atoms with Gasteiger partial charge < -0.3 is 5.32 Å². The van der Waals surface area contributed by atoms with Crippen LogP contribution >= 0.6 is 23.2 Å². The fourth-order valence-electron chi connectivity index (χ4n) is 3.72. The summed E-state index contributed by atoms with van der Waals surface area (Å²) < 4.78 is 0. The fourth-order valence-corrected chi connectivity index (χ4v) is 4.23. The van der Waals surface area contributed by atoms with Crippen molar-refractivity contribution in [2.24, 2.45) is 0 Å². The molecule has 0 aromatic heterocycles. The molecule has 1 amide bonds. The van der Waals surface area contributed by atoms with E-state index in [4.69, 9.17) is 23.2 Å². The zero-order valence-electron chi connectivity index (χ0n) is 13.6. The molecule has 2 atom stereocenters. The average Bonchev–Trinajstić information content (AvgIpc) is 3.23. The van der Waals surface area contributed by atoms with Gasteiger partial charge in [0.2, 0.25) is 0 Å². The third-order valence-electron chi connectivity index (χ3n) is 5.03. The highest BCUT2D eigenvalue weighted by Gasteiger charge is 2.38. The standard InChI is InChI=1S/C18H22Cl2N2O2/c19-10-13-4-3-12(7-14(13)11-20)18(24)21-16-8-15(23)9-17(16)22-5-1-2-6-22/h3-4,7,16-17H,1-2,5-6,8-11H2,(H,21,24). The first kappa shape index (κ1) is 17.7. The molecule has 1 aromatic rings. The zero-order valence-corrected chi connectivity index (χ0v) is 15.1. The summed E-state index contributed by atoms with van der Waals surface area (Å²) >= 11 is 11.8. The number of rotatable bonds is 5. The number of carbonyl (C=O) groups excluding carboxylic acids is 2. The molecule has 1 aliphatic carbocycles. The number of carbonyl (C=O) groups is 2. The van der Waals surface area contributed by atoms with Crippen LogP contribution < -0.4 is 5.32 Å². The Hall–Kier alpha value is -1.10.